The van der Waals surface area contributed by atoms with Gasteiger partial charge in [-0.1, -0.05) is 6.92 Å². The third kappa shape index (κ3) is 3.36. The highest BCUT2D eigenvalue weighted by Gasteiger charge is 2.16. The van der Waals surface area contributed by atoms with Gasteiger partial charge in [0.05, 0.1) is 4.90 Å². The summed E-state index contributed by atoms with van der Waals surface area (Å²) in [5.74, 6) is 0.771. The number of nitrogen functional groups attached to an aromatic ring is 1. The Kier molecular flexibility index (Phi) is 4.55. The SMILES string of the molecule is CCNS(=O)(=O)c1ccc(N)c(Sc2nnc(C)n2C)c1. The molecular weight excluding hydrogens is 310 g/mol. The van der Waals surface area contributed by atoms with Gasteiger partial charge in [-0.2, -0.15) is 0 Å². The van der Waals surface area contributed by atoms with E-state index in [0.717, 1.165) is 5.82 Å². The molecule has 7 nitrogen and oxygen atoms in total. The number of nitrogens with zero attached hydrogens (tertiary/aromatic N) is 3. The first-order valence-electron chi connectivity index (χ1n) is 6.28. The summed E-state index contributed by atoms with van der Waals surface area (Å²) < 4.78 is 28.3. The number of aromatic nitrogens is 3. The molecule has 0 aliphatic rings. The highest BCUT2D eigenvalue weighted by Crippen LogP contribution is 2.32. The number of rotatable bonds is 5. The summed E-state index contributed by atoms with van der Waals surface area (Å²) in [4.78, 5) is 0.810. The highest BCUT2D eigenvalue weighted by molar-refractivity contribution is 7.99. The molecule has 0 saturated heterocycles. The van der Waals surface area contributed by atoms with Gasteiger partial charge >= 0.3 is 0 Å². The van der Waals surface area contributed by atoms with Crippen molar-refractivity contribution in [2.45, 2.75) is 28.8 Å². The lowest BCUT2D eigenvalue weighted by molar-refractivity contribution is 0.583. The minimum absolute atomic E-state index is 0.181. The molecule has 0 bridgehead atoms. The van der Waals surface area contributed by atoms with Gasteiger partial charge in [0.25, 0.3) is 0 Å². The number of hydrogen-bond acceptors (Lipinski definition) is 6. The van der Waals surface area contributed by atoms with Crippen LogP contribution < -0.4 is 10.5 Å². The van der Waals surface area contributed by atoms with Gasteiger partial charge in [0, 0.05) is 24.2 Å². The Bertz CT molecular complexity index is 755. The van der Waals surface area contributed by atoms with Crippen molar-refractivity contribution in [3.05, 3.63) is 24.0 Å². The van der Waals surface area contributed by atoms with Crippen molar-refractivity contribution in [2.75, 3.05) is 12.3 Å². The smallest absolute Gasteiger partial charge is 0.240 e. The predicted molar refractivity (Wildman–Crippen MR) is 81.6 cm³/mol. The van der Waals surface area contributed by atoms with Gasteiger partial charge in [0.1, 0.15) is 5.82 Å². The number of sulfonamides is 1. The third-order valence-electron chi connectivity index (χ3n) is 2.88. The van der Waals surface area contributed by atoms with E-state index in [1.54, 1.807) is 19.1 Å². The quantitative estimate of drug-likeness (QED) is 0.799. The van der Waals surface area contributed by atoms with Crippen LogP contribution in [0.2, 0.25) is 0 Å². The molecule has 9 heteroatoms. The van der Waals surface area contributed by atoms with Crippen LogP contribution in [0, 0.1) is 6.92 Å². The molecule has 2 rings (SSSR count). The molecular formula is C12H17N5O2S2. The van der Waals surface area contributed by atoms with Crippen LogP contribution in [0.15, 0.2) is 33.1 Å². The maximum absolute atomic E-state index is 12.0. The van der Waals surface area contributed by atoms with Gasteiger partial charge in [-0.25, -0.2) is 13.1 Å². The lowest BCUT2D eigenvalue weighted by atomic mass is 10.3. The van der Waals surface area contributed by atoms with Crippen LogP contribution in [0.4, 0.5) is 5.69 Å². The van der Waals surface area contributed by atoms with Crippen molar-refractivity contribution in [2.24, 2.45) is 7.05 Å². The minimum Gasteiger partial charge on any atom is -0.398 e. The van der Waals surface area contributed by atoms with Crippen molar-refractivity contribution in [1.29, 1.82) is 0 Å². The zero-order valence-corrected chi connectivity index (χ0v) is 13.6. The monoisotopic (exact) mass is 327 g/mol. The zero-order chi connectivity index (χ0) is 15.6. The molecule has 1 heterocycles. The fourth-order valence-corrected chi connectivity index (χ4v) is 3.68. The number of anilines is 1. The van der Waals surface area contributed by atoms with Gasteiger partial charge in [-0.05, 0) is 36.9 Å². The van der Waals surface area contributed by atoms with E-state index < -0.39 is 10.0 Å². The van der Waals surface area contributed by atoms with E-state index in [9.17, 15) is 8.42 Å². The zero-order valence-electron chi connectivity index (χ0n) is 12.0. The summed E-state index contributed by atoms with van der Waals surface area (Å²) in [6.07, 6.45) is 0. The minimum atomic E-state index is -3.51. The predicted octanol–water partition coefficient (Wildman–Crippen LogP) is 1.16. The molecule has 1 aromatic heterocycles. The van der Waals surface area contributed by atoms with Gasteiger partial charge in [0.15, 0.2) is 5.16 Å². The Labute approximate surface area is 128 Å². The molecule has 0 radical (unpaired) electrons. The first-order valence-corrected chi connectivity index (χ1v) is 8.58. The lowest BCUT2D eigenvalue weighted by Gasteiger charge is -2.09. The van der Waals surface area contributed by atoms with Crippen molar-refractivity contribution >= 4 is 27.5 Å². The Morgan fingerprint density at radius 1 is 1.38 bits per heavy atom. The van der Waals surface area contributed by atoms with E-state index in [4.69, 9.17) is 5.73 Å². The van der Waals surface area contributed by atoms with Crippen LogP contribution in [0.25, 0.3) is 0 Å². The fourth-order valence-electron chi connectivity index (χ4n) is 1.62. The average molecular weight is 327 g/mol. The van der Waals surface area contributed by atoms with E-state index in [2.05, 4.69) is 14.9 Å². The van der Waals surface area contributed by atoms with Crippen LogP contribution in [-0.2, 0) is 17.1 Å². The average Bonchev–Trinajstić information content (AvgIpc) is 2.73. The fraction of sp³-hybridized carbons (Fsp3) is 0.333. The normalized spacial score (nSPS) is 11.8. The number of benzene rings is 1. The number of nitrogens with two attached hydrogens (primary N) is 1. The summed E-state index contributed by atoms with van der Waals surface area (Å²) in [6, 6.07) is 4.61. The molecule has 0 saturated carbocycles. The largest absolute Gasteiger partial charge is 0.398 e. The van der Waals surface area contributed by atoms with Crippen LogP contribution in [0.5, 0.6) is 0 Å². The second kappa shape index (κ2) is 6.04. The van der Waals surface area contributed by atoms with Gasteiger partial charge < -0.3 is 10.3 Å². The molecule has 2 aromatic rings. The van der Waals surface area contributed by atoms with Crippen LogP contribution in [0.3, 0.4) is 0 Å². The Morgan fingerprint density at radius 2 is 2.10 bits per heavy atom. The molecule has 1 aromatic carbocycles. The number of nitrogens with one attached hydrogen (secondary N) is 1. The van der Waals surface area contributed by atoms with Crippen LogP contribution in [0.1, 0.15) is 12.7 Å². The molecule has 0 amide bonds. The molecule has 0 aliphatic carbocycles. The molecule has 114 valence electrons. The maximum atomic E-state index is 12.0. The Hall–Kier alpha value is -1.58. The first-order chi connectivity index (χ1) is 9.85. The number of hydrogen-bond donors (Lipinski definition) is 2. The maximum Gasteiger partial charge on any atom is 0.240 e. The summed E-state index contributed by atoms with van der Waals surface area (Å²) in [5, 5.41) is 8.65. The molecule has 0 fully saturated rings. The van der Waals surface area contributed by atoms with Crippen molar-refractivity contribution in [3.8, 4) is 0 Å². The molecule has 21 heavy (non-hydrogen) atoms. The molecule has 3 N–H and O–H groups in total. The summed E-state index contributed by atoms with van der Waals surface area (Å²) in [7, 11) is -1.67. The number of aryl methyl sites for hydroxylation is 1. The van der Waals surface area contributed by atoms with Crippen molar-refractivity contribution < 1.29 is 8.42 Å². The van der Waals surface area contributed by atoms with Crippen molar-refractivity contribution in [3.63, 3.8) is 0 Å². The highest BCUT2D eigenvalue weighted by atomic mass is 32.2. The van der Waals surface area contributed by atoms with Crippen LogP contribution in [-0.4, -0.2) is 29.7 Å². The molecule has 0 atom stereocenters. The topological polar surface area (TPSA) is 103 Å². The first kappa shape index (κ1) is 15.8. The van der Waals surface area contributed by atoms with E-state index in [1.165, 1.54) is 17.8 Å². The van der Waals surface area contributed by atoms with E-state index in [-0.39, 0.29) is 4.90 Å². The van der Waals surface area contributed by atoms with Gasteiger partial charge in [-0.3, -0.25) is 0 Å². The summed E-state index contributed by atoms with van der Waals surface area (Å²) >= 11 is 1.28. The molecule has 0 unspecified atom stereocenters. The second-order valence-electron chi connectivity index (χ2n) is 4.39. The Morgan fingerprint density at radius 3 is 2.67 bits per heavy atom. The lowest BCUT2D eigenvalue weighted by Crippen LogP contribution is -2.23. The molecule has 0 spiro atoms. The van der Waals surface area contributed by atoms with E-state index >= 15 is 0 Å². The summed E-state index contributed by atoms with van der Waals surface area (Å²) in [5.41, 5.74) is 6.41. The molecule has 0 aliphatic heterocycles. The Balaban J connectivity index is 2.38. The van der Waals surface area contributed by atoms with E-state index in [1.807, 2.05) is 18.5 Å². The van der Waals surface area contributed by atoms with Crippen LogP contribution >= 0.6 is 11.8 Å². The van der Waals surface area contributed by atoms with E-state index in [0.29, 0.717) is 22.3 Å². The van der Waals surface area contributed by atoms with Gasteiger partial charge in [0.2, 0.25) is 10.0 Å². The van der Waals surface area contributed by atoms with Crippen molar-refractivity contribution in [1.82, 2.24) is 19.5 Å². The second-order valence-corrected chi connectivity index (χ2v) is 7.17. The van der Waals surface area contributed by atoms with Gasteiger partial charge in [-0.15, -0.1) is 10.2 Å². The summed E-state index contributed by atoms with van der Waals surface area (Å²) in [6.45, 7) is 3.90. The third-order valence-corrected chi connectivity index (χ3v) is 5.54. The standard InChI is InChI=1S/C12H17N5O2S2/c1-4-14-21(18,19)9-5-6-10(13)11(7-9)20-12-16-15-8(2)17(12)3/h5-7,14H,4,13H2,1-3H3.